The Bertz CT molecular complexity index is 172. The van der Waals surface area contributed by atoms with Gasteiger partial charge in [0.2, 0.25) is 0 Å². The van der Waals surface area contributed by atoms with Crippen LogP contribution in [-0.2, 0) is 4.79 Å². The number of likely N-dealkylation sites (N-methyl/N-ethyl adjacent to an activating group) is 2. The van der Waals surface area contributed by atoms with Crippen LogP contribution in [0, 0.1) is 0 Å². The van der Waals surface area contributed by atoms with Gasteiger partial charge in [-0.05, 0) is 6.92 Å². The fourth-order valence-corrected chi connectivity index (χ4v) is 1.25. The predicted octanol–water partition coefficient (Wildman–Crippen LogP) is -1.69. The molecule has 64 valence electrons. The molecule has 2 unspecified atom stereocenters. The molecule has 0 bridgehead atoms. The normalized spacial score (nSPS) is 33.5. The zero-order valence-electron chi connectivity index (χ0n) is 6.82. The van der Waals surface area contributed by atoms with Crippen molar-refractivity contribution in [1.29, 1.82) is 0 Å². The van der Waals surface area contributed by atoms with Crippen molar-refractivity contribution in [2.45, 2.75) is 19.1 Å². The number of nitrogens with zero attached hydrogens (tertiary/aromatic N) is 2. The first kappa shape index (κ1) is 8.45. The van der Waals surface area contributed by atoms with Gasteiger partial charge < -0.3 is 11.5 Å². The van der Waals surface area contributed by atoms with E-state index in [1.807, 2.05) is 6.92 Å². The third-order valence-electron chi connectivity index (χ3n) is 2.02. The summed E-state index contributed by atoms with van der Waals surface area (Å²) in [6, 6.07) is -0.569. The topological polar surface area (TPSA) is 75.6 Å². The monoisotopic (exact) mass is 158 g/mol. The molecule has 1 amide bonds. The highest BCUT2D eigenvalue weighted by molar-refractivity contribution is 5.83. The average molecular weight is 158 g/mol. The van der Waals surface area contributed by atoms with Crippen LogP contribution < -0.4 is 11.5 Å². The quantitative estimate of drug-likeness (QED) is 0.477. The Kier molecular flexibility index (Phi) is 2.12. The van der Waals surface area contributed by atoms with E-state index in [-0.39, 0.29) is 12.1 Å². The minimum Gasteiger partial charge on any atom is -0.317 e. The van der Waals surface area contributed by atoms with Crippen LogP contribution >= 0.6 is 0 Å². The zero-order valence-corrected chi connectivity index (χ0v) is 6.82. The lowest BCUT2D eigenvalue weighted by molar-refractivity contribution is -0.137. The standard InChI is InChI=1S/C6H14N4O/c1-3-10-6(11)4(7)5(8)9(10)2/h4-5H,3,7-8H2,1-2H3. The van der Waals surface area contributed by atoms with Crippen LogP contribution in [0.1, 0.15) is 6.92 Å². The van der Waals surface area contributed by atoms with Crippen LogP contribution in [0.2, 0.25) is 0 Å². The summed E-state index contributed by atoms with van der Waals surface area (Å²) < 4.78 is 0. The van der Waals surface area contributed by atoms with Crippen molar-refractivity contribution in [2.75, 3.05) is 13.6 Å². The fourth-order valence-electron chi connectivity index (χ4n) is 1.25. The highest BCUT2D eigenvalue weighted by Gasteiger charge is 2.39. The van der Waals surface area contributed by atoms with Gasteiger partial charge in [0, 0.05) is 13.6 Å². The van der Waals surface area contributed by atoms with E-state index in [0.717, 1.165) is 0 Å². The van der Waals surface area contributed by atoms with E-state index >= 15 is 0 Å². The SMILES string of the molecule is CCN1C(=O)C(N)C(N)N1C. The smallest absolute Gasteiger partial charge is 0.256 e. The molecule has 1 aliphatic heterocycles. The lowest BCUT2D eigenvalue weighted by Gasteiger charge is -2.24. The summed E-state index contributed by atoms with van der Waals surface area (Å²) in [4.78, 5) is 11.2. The van der Waals surface area contributed by atoms with Gasteiger partial charge in [0.25, 0.3) is 5.91 Å². The van der Waals surface area contributed by atoms with Crippen molar-refractivity contribution in [3.8, 4) is 0 Å². The summed E-state index contributed by atoms with van der Waals surface area (Å²) >= 11 is 0. The number of nitrogens with two attached hydrogens (primary N) is 2. The molecule has 0 aliphatic carbocycles. The van der Waals surface area contributed by atoms with E-state index in [1.165, 1.54) is 0 Å². The first-order valence-corrected chi connectivity index (χ1v) is 3.65. The van der Waals surface area contributed by atoms with Gasteiger partial charge in [-0.3, -0.25) is 9.80 Å². The van der Waals surface area contributed by atoms with E-state index in [2.05, 4.69) is 0 Å². The molecular weight excluding hydrogens is 144 g/mol. The third kappa shape index (κ3) is 1.11. The lowest BCUT2D eigenvalue weighted by atomic mass is 10.2. The minimum absolute atomic E-state index is 0.0949. The number of amides is 1. The van der Waals surface area contributed by atoms with Crippen molar-refractivity contribution in [3.63, 3.8) is 0 Å². The van der Waals surface area contributed by atoms with Crippen LogP contribution in [0.15, 0.2) is 0 Å². The van der Waals surface area contributed by atoms with Gasteiger partial charge in [-0.2, -0.15) is 0 Å². The molecule has 1 fully saturated rings. The Hall–Kier alpha value is -0.650. The van der Waals surface area contributed by atoms with Crippen molar-refractivity contribution >= 4 is 5.91 Å². The van der Waals surface area contributed by atoms with Crippen LogP contribution in [0.4, 0.5) is 0 Å². The summed E-state index contributed by atoms with van der Waals surface area (Å²) in [5.74, 6) is -0.0949. The third-order valence-corrected chi connectivity index (χ3v) is 2.02. The van der Waals surface area contributed by atoms with Crippen LogP contribution in [-0.4, -0.2) is 41.7 Å². The van der Waals surface area contributed by atoms with E-state index in [0.29, 0.717) is 6.54 Å². The molecule has 0 aromatic rings. The molecular formula is C6H14N4O. The highest BCUT2D eigenvalue weighted by Crippen LogP contribution is 2.11. The average Bonchev–Trinajstić information content (AvgIpc) is 2.17. The number of hydrazine groups is 1. The molecule has 0 aromatic carbocycles. The molecule has 5 nitrogen and oxygen atoms in total. The van der Waals surface area contributed by atoms with Gasteiger partial charge in [-0.15, -0.1) is 0 Å². The number of hydrogen-bond donors (Lipinski definition) is 2. The maximum absolute atomic E-state index is 11.2. The van der Waals surface area contributed by atoms with E-state index in [9.17, 15) is 4.79 Å². The van der Waals surface area contributed by atoms with E-state index < -0.39 is 6.04 Å². The molecule has 2 atom stereocenters. The van der Waals surface area contributed by atoms with E-state index in [4.69, 9.17) is 11.5 Å². The summed E-state index contributed by atoms with van der Waals surface area (Å²) in [6.07, 6.45) is -0.373. The lowest BCUT2D eigenvalue weighted by Crippen LogP contribution is -2.47. The zero-order chi connectivity index (χ0) is 8.59. The summed E-state index contributed by atoms with van der Waals surface area (Å²) in [7, 11) is 1.76. The summed E-state index contributed by atoms with van der Waals surface area (Å²) in [5.41, 5.74) is 11.1. The number of hydrogen-bond acceptors (Lipinski definition) is 4. The van der Waals surface area contributed by atoms with Gasteiger partial charge in [0.1, 0.15) is 12.2 Å². The summed E-state index contributed by atoms with van der Waals surface area (Å²) in [5, 5.41) is 3.22. The van der Waals surface area contributed by atoms with Crippen LogP contribution in [0.3, 0.4) is 0 Å². The Morgan fingerprint density at radius 1 is 1.55 bits per heavy atom. The molecule has 1 rings (SSSR count). The molecule has 0 aromatic heterocycles. The number of carbonyl (C=O) groups excluding carboxylic acids is 1. The fraction of sp³-hybridized carbons (Fsp3) is 0.833. The van der Waals surface area contributed by atoms with Gasteiger partial charge in [0.15, 0.2) is 0 Å². The molecule has 0 spiro atoms. The molecule has 1 saturated heterocycles. The van der Waals surface area contributed by atoms with Crippen molar-refractivity contribution in [1.82, 2.24) is 10.0 Å². The second-order valence-corrected chi connectivity index (χ2v) is 2.64. The predicted molar refractivity (Wildman–Crippen MR) is 41.1 cm³/mol. The number of carbonyl (C=O) groups is 1. The van der Waals surface area contributed by atoms with Crippen molar-refractivity contribution in [3.05, 3.63) is 0 Å². The first-order valence-electron chi connectivity index (χ1n) is 3.65. The number of rotatable bonds is 1. The van der Waals surface area contributed by atoms with Crippen LogP contribution in [0.5, 0.6) is 0 Å². The van der Waals surface area contributed by atoms with E-state index in [1.54, 1.807) is 17.1 Å². The molecule has 0 saturated carbocycles. The Labute approximate surface area is 65.9 Å². The maximum Gasteiger partial charge on any atom is 0.256 e. The molecule has 0 radical (unpaired) electrons. The van der Waals surface area contributed by atoms with Gasteiger partial charge >= 0.3 is 0 Å². The molecule has 4 N–H and O–H groups in total. The first-order chi connectivity index (χ1) is 5.09. The summed E-state index contributed by atoms with van der Waals surface area (Å²) in [6.45, 7) is 2.51. The van der Waals surface area contributed by atoms with Crippen molar-refractivity contribution in [2.24, 2.45) is 11.5 Å². The molecule has 1 aliphatic rings. The molecule has 11 heavy (non-hydrogen) atoms. The second kappa shape index (κ2) is 2.77. The Balaban J connectivity index is 2.77. The second-order valence-electron chi connectivity index (χ2n) is 2.64. The molecule has 5 heteroatoms. The largest absolute Gasteiger partial charge is 0.317 e. The van der Waals surface area contributed by atoms with Crippen molar-refractivity contribution < 1.29 is 4.79 Å². The van der Waals surface area contributed by atoms with Gasteiger partial charge in [-0.1, -0.05) is 0 Å². The Morgan fingerprint density at radius 3 is 2.27 bits per heavy atom. The van der Waals surface area contributed by atoms with Crippen LogP contribution in [0.25, 0.3) is 0 Å². The molecule has 1 heterocycles. The Morgan fingerprint density at radius 2 is 2.09 bits per heavy atom. The maximum atomic E-state index is 11.2. The highest BCUT2D eigenvalue weighted by atomic mass is 16.2. The van der Waals surface area contributed by atoms with Gasteiger partial charge in [-0.25, -0.2) is 5.01 Å². The van der Waals surface area contributed by atoms with Gasteiger partial charge in [0.05, 0.1) is 0 Å². The minimum atomic E-state index is -0.569.